The molecule has 0 saturated heterocycles. The van der Waals surface area contributed by atoms with Crippen molar-refractivity contribution in [2.24, 2.45) is 0 Å². The van der Waals surface area contributed by atoms with Crippen LogP contribution < -0.4 is 5.32 Å². The van der Waals surface area contributed by atoms with Crippen molar-refractivity contribution in [1.29, 1.82) is 0 Å². The summed E-state index contributed by atoms with van der Waals surface area (Å²) in [5.41, 5.74) is 1.87. The Bertz CT molecular complexity index is 460. The van der Waals surface area contributed by atoms with Gasteiger partial charge in [0, 0.05) is 29.2 Å². The van der Waals surface area contributed by atoms with Gasteiger partial charge in [-0.2, -0.15) is 0 Å². The van der Waals surface area contributed by atoms with Gasteiger partial charge in [-0.25, -0.2) is 4.39 Å². The molecule has 0 aliphatic rings. The smallest absolute Gasteiger partial charge is 0.132 e. The molecule has 2 aromatic rings. The van der Waals surface area contributed by atoms with Crippen molar-refractivity contribution in [3.05, 3.63) is 35.8 Å². The Labute approximate surface area is 88.5 Å². The fourth-order valence-electron chi connectivity index (χ4n) is 1.59. The van der Waals surface area contributed by atoms with Gasteiger partial charge in [-0.1, -0.05) is 19.9 Å². The van der Waals surface area contributed by atoms with Crippen LogP contribution in [-0.2, 0) is 6.54 Å². The lowest BCUT2D eigenvalue weighted by molar-refractivity contribution is 0.583. The Hall–Kier alpha value is -1.35. The van der Waals surface area contributed by atoms with E-state index in [1.165, 1.54) is 6.07 Å². The summed E-state index contributed by atoms with van der Waals surface area (Å²) in [5.74, 6) is -0.167. The molecule has 15 heavy (non-hydrogen) atoms. The Morgan fingerprint density at radius 3 is 2.87 bits per heavy atom. The van der Waals surface area contributed by atoms with Gasteiger partial charge >= 0.3 is 0 Å². The molecule has 0 saturated carbocycles. The molecule has 3 heteroatoms. The van der Waals surface area contributed by atoms with E-state index in [1.807, 2.05) is 12.1 Å². The largest absolute Gasteiger partial charge is 0.357 e. The highest BCUT2D eigenvalue weighted by Crippen LogP contribution is 2.18. The number of aromatic amines is 1. The number of hydrogen-bond acceptors (Lipinski definition) is 1. The van der Waals surface area contributed by atoms with E-state index < -0.39 is 0 Å². The summed E-state index contributed by atoms with van der Waals surface area (Å²) in [6.45, 7) is 4.91. The van der Waals surface area contributed by atoms with E-state index in [9.17, 15) is 4.39 Å². The molecule has 0 amide bonds. The summed E-state index contributed by atoms with van der Waals surface area (Å²) in [5, 5.41) is 3.95. The Morgan fingerprint density at radius 2 is 2.20 bits per heavy atom. The monoisotopic (exact) mass is 206 g/mol. The fraction of sp³-hybridized carbons (Fsp3) is 0.333. The molecule has 0 spiro atoms. The molecule has 2 rings (SSSR count). The molecule has 1 aromatic heterocycles. The third-order valence-electron chi connectivity index (χ3n) is 2.37. The number of hydrogen-bond donors (Lipinski definition) is 2. The highest BCUT2D eigenvalue weighted by atomic mass is 19.1. The van der Waals surface area contributed by atoms with Crippen molar-refractivity contribution in [1.82, 2.24) is 10.3 Å². The molecule has 2 nitrogen and oxygen atoms in total. The van der Waals surface area contributed by atoms with E-state index in [2.05, 4.69) is 24.1 Å². The predicted octanol–water partition coefficient (Wildman–Crippen LogP) is 2.81. The highest BCUT2D eigenvalue weighted by Gasteiger charge is 2.04. The zero-order valence-electron chi connectivity index (χ0n) is 8.97. The van der Waals surface area contributed by atoms with Crippen LogP contribution in [0, 0.1) is 5.82 Å². The molecule has 1 heterocycles. The molecule has 0 aliphatic carbocycles. The van der Waals surface area contributed by atoms with Crippen molar-refractivity contribution >= 4 is 10.9 Å². The maximum absolute atomic E-state index is 13.4. The summed E-state index contributed by atoms with van der Waals surface area (Å²) >= 11 is 0. The number of aromatic nitrogens is 1. The van der Waals surface area contributed by atoms with E-state index in [4.69, 9.17) is 0 Å². The van der Waals surface area contributed by atoms with E-state index in [-0.39, 0.29) is 5.82 Å². The first-order chi connectivity index (χ1) is 7.16. The van der Waals surface area contributed by atoms with Gasteiger partial charge in [0.05, 0.1) is 0 Å². The summed E-state index contributed by atoms with van der Waals surface area (Å²) in [6.07, 6.45) is 0. The summed E-state index contributed by atoms with van der Waals surface area (Å²) < 4.78 is 13.4. The van der Waals surface area contributed by atoms with Gasteiger partial charge in [-0.3, -0.25) is 0 Å². The molecule has 1 aromatic carbocycles. The summed E-state index contributed by atoms with van der Waals surface area (Å²) in [4.78, 5) is 3.19. The second-order valence-electron chi connectivity index (χ2n) is 4.03. The molecule has 0 fully saturated rings. The Balaban J connectivity index is 2.27. The second-order valence-corrected chi connectivity index (χ2v) is 4.03. The third kappa shape index (κ3) is 2.18. The van der Waals surface area contributed by atoms with Gasteiger partial charge in [0.2, 0.25) is 0 Å². The molecule has 0 unspecified atom stereocenters. The molecule has 2 N–H and O–H groups in total. The van der Waals surface area contributed by atoms with Crippen LogP contribution in [0.5, 0.6) is 0 Å². The van der Waals surface area contributed by atoms with E-state index in [1.54, 1.807) is 6.07 Å². The molecular weight excluding hydrogens is 191 g/mol. The molecule has 0 aliphatic heterocycles. The van der Waals surface area contributed by atoms with E-state index in [0.29, 0.717) is 11.4 Å². The lowest BCUT2D eigenvalue weighted by Crippen LogP contribution is -2.21. The standard InChI is InChI=1S/C12H15FN2/c1-8(2)14-7-9-6-10-11(13)4-3-5-12(10)15-9/h3-6,8,14-15H,7H2,1-2H3. The van der Waals surface area contributed by atoms with Crippen molar-refractivity contribution < 1.29 is 4.39 Å². The van der Waals surface area contributed by atoms with Gasteiger partial charge in [-0.15, -0.1) is 0 Å². The van der Waals surface area contributed by atoms with Crippen LogP contribution in [0.15, 0.2) is 24.3 Å². The number of fused-ring (bicyclic) bond motifs is 1. The number of halogens is 1. The van der Waals surface area contributed by atoms with Crippen LogP contribution in [0.2, 0.25) is 0 Å². The quantitative estimate of drug-likeness (QED) is 0.794. The maximum Gasteiger partial charge on any atom is 0.132 e. The highest BCUT2D eigenvalue weighted by molar-refractivity contribution is 5.80. The predicted molar refractivity (Wildman–Crippen MR) is 60.2 cm³/mol. The molecular formula is C12H15FN2. The van der Waals surface area contributed by atoms with Crippen LogP contribution in [0.1, 0.15) is 19.5 Å². The van der Waals surface area contributed by atoms with Crippen molar-refractivity contribution in [2.75, 3.05) is 0 Å². The second kappa shape index (κ2) is 4.03. The first-order valence-electron chi connectivity index (χ1n) is 5.16. The number of benzene rings is 1. The average molecular weight is 206 g/mol. The average Bonchev–Trinajstić information content (AvgIpc) is 2.59. The lowest BCUT2D eigenvalue weighted by Gasteiger charge is -2.05. The van der Waals surface area contributed by atoms with Crippen molar-refractivity contribution in [2.45, 2.75) is 26.4 Å². The molecule has 0 radical (unpaired) electrons. The number of nitrogens with one attached hydrogen (secondary N) is 2. The first-order valence-corrected chi connectivity index (χ1v) is 5.16. The number of rotatable bonds is 3. The van der Waals surface area contributed by atoms with Crippen LogP contribution in [0.4, 0.5) is 4.39 Å². The topological polar surface area (TPSA) is 27.8 Å². The van der Waals surface area contributed by atoms with Gasteiger partial charge in [-0.05, 0) is 18.2 Å². The van der Waals surface area contributed by atoms with E-state index >= 15 is 0 Å². The van der Waals surface area contributed by atoms with Crippen LogP contribution in [0.3, 0.4) is 0 Å². The summed E-state index contributed by atoms with van der Waals surface area (Å²) in [7, 11) is 0. The van der Waals surface area contributed by atoms with Crippen molar-refractivity contribution in [3.8, 4) is 0 Å². The van der Waals surface area contributed by atoms with Gasteiger partial charge in [0.15, 0.2) is 0 Å². The Morgan fingerprint density at radius 1 is 1.40 bits per heavy atom. The van der Waals surface area contributed by atoms with Gasteiger partial charge < -0.3 is 10.3 Å². The molecule has 0 atom stereocenters. The fourth-order valence-corrected chi connectivity index (χ4v) is 1.59. The normalized spacial score (nSPS) is 11.5. The minimum Gasteiger partial charge on any atom is -0.357 e. The van der Waals surface area contributed by atoms with Crippen LogP contribution in [-0.4, -0.2) is 11.0 Å². The zero-order chi connectivity index (χ0) is 10.8. The van der Waals surface area contributed by atoms with Crippen LogP contribution >= 0.6 is 0 Å². The third-order valence-corrected chi connectivity index (χ3v) is 2.37. The Kier molecular flexibility index (Phi) is 2.73. The van der Waals surface area contributed by atoms with Gasteiger partial charge in [0.1, 0.15) is 5.82 Å². The SMILES string of the molecule is CC(C)NCc1cc2c(F)cccc2[nH]1. The first kappa shape index (κ1) is 10.2. The van der Waals surface area contributed by atoms with E-state index in [0.717, 1.165) is 17.8 Å². The molecule has 80 valence electrons. The molecule has 0 bridgehead atoms. The minimum absolute atomic E-state index is 0.167. The lowest BCUT2D eigenvalue weighted by atomic mass is 10.2. The maximum atomic E-state index is 13.4. The van der Waals surface area contributed by atoms with Gasteiger partial charge in [0.25, 0.3) is 0 Å². The number of H-pyrrole nitrogens is 1. The van der Waals surface area contributed by atoms with Crippen molar-refractivity contribution in [3.63, 3.8) is 0 Å². The summed E-state index contributed by atoms with van der Waals surface area (Å²) in [6, 6.07) is 7.38. The minimum atomic E-state index is -0.167. The zero-order valence-corrected chi connectivity index (χ0v) is 8.97. The van der Waals surface area contributed by atoms with Crippen LogP contribution in [0.25, 0.3) is 10.9 Å².